The van der Waals surface area contributed by atoms with E-state index in [0.29, 0.717) is 0 Å². The summed E-state index contributed by atoms with van der Waals surface area (Å²) in [5, 5.41) is 35.7. The van der Waals surface area contributed by atoms with Crippen molar-refractivity contribution in [1.29, 1.82) is 0 Å². The van der Waals surface area contributed by atoms with Crippen LogP contribution in [0.15, 0.2) is 5.11 Å². The van der Waals surface area contributed by atoms with Crippen LogP contribution in [0.25, 0.3) is 21.8 Å². The third-order valence-electron chi connectivity index (χ3n) is 1.59. The molecular formula is C4HN9O3. The third kappa shape index (κ3) is 1.31. The second-order valence-corrected chi connectivity index (χ2v) is 2.46. The Morgan fingerprint density at radius 3 is 2.88 bits per heavy atom. The van der Waals surface area contributed by atoms with Crippen molar-refractivity contribution in [3.63, 3.8) is 0 Å². The van der Waals surface area contributed by atoms with Gasteiger partial charge in [0.15, 0.2) is 11.4 Å². The number of nitrogens with zero attached hydrogens (tertiary/aromatic N) is 9. The number of nitro groups is 1. The number of hydrogen-bond acceptors (Lipinski definition) is 8. The van der Waals surface area contributed by atoms with Crippen LogP contribution < -0.4 is 0 Å². The normalized spacial score (nSPS) is 10.0. The maximum atomic E-state index is 10.6. The van der Waals surface area contributed by atoms with Gasteiger partial charge in [0.2, 0.25) is 5.82 Å². The molecule has 2 aliphatic heterocycles. The van der Waals surface area contributed by atoms with Crippen molar-refractivity contribution in [3.8, 4) is 11.4 Å². The van der Waals surface area contributed by atoms with Crippen LogP contribution >= 0.6 is 0 Å². The fourth-order valence-corrected chi connectivity index (χ4v) is 1.05. The number of aromatic nitrogens is 5. The van der Waals surface area contributed by atoms with Crippen LogP contribution in [0.1, 0.15) is 0 Å². The molecule has 0 spiro atoms. The van der Waals surface area contributed by atoms with Crippen LogP contribution in [-0.4, -0.2) is 35.5 Å². The maximum absolute atomic E-state index is 10.6. The Morgan fingerprint density at radius 1 is 1.50 bits per heavy atom. The zero-order valence-corrected chi connectivity index (χ0v) is 7.29. The molecule has 0 saturated carbocycles. The summed E-state index contributed by atoms with van der Waals surface area (Å²) in [5.41, 5.74) is 8.00. The van der Waals surface area contributed by atoms with Gasteiger partial charge in [0, 0.05) is 4.91 Å². The van der Waals surface area contributed by atoms with Gasteiger partial charge in [-0.25, -0.2) is 0 Å². The molecule has 2 rings (SSSR count). The first-order valence-corrected chi connectivity index (χ1v) is 3.66. The molecule has 0 atom stereocenters. The molecule has 80 valence electrons. The van der Waals surface area contributed by atoms with Crippen molar-refractivity contribution < 1.29 is 10.1 Å². The predicted molar refractivity (Wildman–Crippen MR) is 44.9 cm³/mol. The summed E-state index contributed by atoms with van der Waals surface area (Å²) in [6.07, 6.45) is 0. The smallest absolute Gasteiger partial charge is 0.396 e. The molecule has 2 heterocycles. The minimum Gasteiger partial charge on any atom is -0.396 e. The van der Waals surface area contributed by atoms with Crippen LogP contribution in [0, 0.1) is 10.1 Å². The van der Waals surface area contributed by atoms with Gasteiger partial charge in [0.25, 0.3) is 0 Å². The minimum atomic E-state index is -0.823. The predicted octanol–water partition coefficient (Wildman–Crippen LogP) is 0.260. The number of hydrogen-bond donors (Lipinski definition) is 1. The van der Waals surface area contributed by atoms with E-state index in [1.165, 1.54) is 0 Å². The molecule has 0 aromatic carbocycles. The maximum Gasteiger partial charge on any atom is 0.404 e. The lowest BCUT2D eigenvalue weighted by atomic mass is 10.3. The van der Waals surface area contributed by atoms with Crippen molar-refractivity contribution in [1.82, 2.24) is 25.4 Å². The topological polar surface area (TPSA) is 169 Å². The van der Waals surface area contributed by atoms with Crippen LogP contribution in [0.3, 0.4) is 0 Å². The summed E-state index contributed by atoms with van der Waals surface area (Å²) in [6, 6.07) is 0. The van der Waals surface area contributed by atoms with E-state index in [1.54, 1.807) is 0 Å². The quantitative estimate of drug-likeness (QED) is 0.190. The highest BCUT2D eigenvalue weighted by atomic mass is 16.6. The lowest BCUT2D eigenvalue weighted by Crippen LogP contribution is -2.06. The second-order valence-electron chi connectivity index (χ2n) is 2.46. The van der Waals surface area contributed by atoms with Crippen molar-refractivity contribution >= 4 is 11.6 Å². The molecule has 0 bridgehead atoms. The lowest BCUT2D eigenvalue weighted by molar-refractivity contribution is -0.388. The van der Waals surface area contributed by atoms with Gasteiger partial charge in [-0.1, -0.05) is 5.10 Å². The van der Waals surface area contributed by atoms with E-state index < -0.39 is 16.6 Å². The fourth-order valence-electron chi connectivity index (χ4n) is 1.05. The first kappa shape index (κ1) is 9.54. The van der Waals surface area contributed by atoms with Gasteiger partial charge in [-0.15, -0.1) is 5.10 Å². The van der Waals surface area contributed by atoms with Crippen LogP contribution in [0.4, 0.5) is 11.6 Å². The Bertz CT molecular complexity index is 583. The molecule has 12 nitrogen and oxygen atoms in total. The molecule has 0 amide bonds. The molecule has 0 fully saturated rings. The van der Waals surface area contributed by atoms with E-state index >= 15 is 0 Å². The molecule has 12 heteroatoms. The van der Waals surface area contributed by atoms with Gasteiger partial charge >= 0.3 is 5.82 Å². The summed E-state index contributed by atoms with van der Waals surface area (Å²) in [5.74, 6) is -1.31. The van der Waals surface area contributed by atoms with Crippen LogP contribution in [0.5, 0.6) is 0 Å². The molecule has 0 saturated heterocycles. The Kier molecular flexibility index (Phi) is 1.96. The van der Waals surface area contributed by atoms with E-state index in [9.17, 15) is 10.1 Å². The molecule has 0 aromatic rings. The van der Waals surface area contributed by atoms with Gasteiger partial charge in [-0.05, 0) is 25.6 Å². The van der Waals surface area contributed by atoms with Crippen molar-refractivity contribution in [3.05, 3.63) is 20.6 Å². The van der Waals surface area contributed by atoms with Crippen LogP contribution in [-0.2, 0) is 0 Å². The zero-order valence-electron chi connectivity index (χ0n) is 7.29. The van der Waals surface area contributed by atoms with E-state index in [-0.39, 0.29) is 16.3 Å². The average Bonchev–Trinajstić information content (AvgIpc) is 2.61. The molecule has 1 N–H and O–H groups in total. The highest BCUT2D eigenvalue weighted by molar-refractivity contribution is 5.75. The summed E-state index contributed by atoms with van der Waals surface area (Å²) in [6.45, 7) is 0. The summed E-state index contributed by atoms with van der Waals surface area (Å²) >= 11 is 0. The number of azide groups is 1. The average molecular weight is 223 g/mol. The van der Waals surface area contributed by atoms with E-state index in [2.05, 4.69) is 30.4 Å². The van der Waals surface area contributed by atoms with Gasteiger partial charge in [0.1, 0.15) is 0 Å². The number of fused-ring (bicyclic) bond motifs is 1. The largest absolute Gasteiger partial charge is 0.404 e. The Morgan fingerprint density at radius 2 is 2.25 bits per heavy atom. The van der Waals surface area contributed by atoms with Gasteiger partial charge in [-0.3, -0.25) is 0 Å². The monoisotopic (exact) mass is 223 g/mol. The lowest BCUT2D eigenvalue weighted by Gasteiger charge is -1.99. The summed E-state index contributed by atoms with van der Waals surface area (Å²) < 4.78 is 0. The van der Waals surface area contributed by atoms with Gasteiger partial charge < -0.3 is 15.3 Å². The van der Waals surface area contributed by atoms with E-state index in [4.69, 9.17) is 10.7 Å². The van der Waals surface area contributed by atoms with E-state index in [0.717, 1.165) is 0 Å². The number of rotatable bonds is 2. The Balaban J connectivity index is 2.81. The van der Waals surface area contributed by atoms with Crippen LogP contribution in [0.2, 0.25) is 0 Å². The molecular weight excluding hydrogens is 222 g/mol. The van der Waals surface area contributed by atoms with Gasteiger partial charge in [-0.2, -0.15) is 0 Å². The molecule has 2 aliphatic rings. The first-order chi connectivity index (χ1) is 7.63. The summed E-state index contributed by atoms with van der Waals surface area (Å²) in [7, 11) is 0. The zero-order chi connectivity index (χ0) is 11.7. The summed E-state index contributed by atoms with van der Waals surface area (Å²) in [4.78, 5) is 12.2. The Hall–Kier alpha value is -3.01. The van der Waals surface area contributed by atoms with Gasteiger partial charge in [0.05, 0.1) is 5.10 Å². The first-order valence-electron chi connectivity index (χ1n) is 3.66. The molecule has 0 aromatic heterocycles. The van der Waals surface area contributed by atoms with E-state index in [1.807, 2.05) is 0 Å². The van der Waals surface area contributed by atoms with Crippen molar-refractivity contribution in [2.75, 3.05) is 0 Å². The molecule has 0 radical (unpaired) electrons. The molecule has 0 unspecified atom stereocenters. The van der Waals surface area contributed by atoms with Crippen molar-refractivity contribution in [2.45, 2.75) is 0 Å². The highest BCUT2D eigenvalue weighted by Crippen LogP contribution is 2.33. The SMILES string of the molecule is [N-]=[N+]=Nc1nn(O)nc2nnc([N+](=O)[O-])c1-2. The standard InChI is InChI=1S/C4HN9O3/c5-11-7-3-1-2(9-13(16)10-3)6-8-4(1)12(14)15/h16H. The molecule has 16 heavy (non-hydrogen) atoms. The highest BCUT2D eigenvalue weighted by Gasteiger charge is 2.30. The minimum absolute atomic E-state index is 0.0880. The Labute approximate surface area is 85.2 Å². The van der Waals surface area contributed by atoms with Crippen molar-refractivity contribution in [2.24, 2.45) is 5.11 Å². The second kappa shape index (κ2) is 3.29. The fraction of sp³-hybridized carbons (Fsp3) is 0. The third-order valence-corrected chi connectivity index (χ3v) is 1.59. The molecule has 0 aliphatic carbocycles.